The second-order valence-electron chi connectivity index (χ2n) is 6.08. The maximum absolute atomic E-state index is 12.9. The van der Waals surface area contributed by atoms with Crippen molar-refractivity contribution in [2.45, 2.75) is 18.7 Å². The van der Waals surface area contributed by atoms with E-state index in [4.69, 9.17) is 4.74 Å². The van der Waals surface area contributed by atoms with Gasteiger partial charge in [-0.3, -0.25) is 4.79 Å². The van der Waals surface area contributed by atoms with Crippen LogP contribution >= 0.6 is 0 Å². The minimum atomic E-state index is -3.85. The standard InChI is InChI=1S/C20H24N2O4S/c1-5-13-22(27(24,25)18-11-9-17(26-4)10-12-18)14-19(23)21-20-15(2)7-6-8-16(20)3/h5-12H,1,13-14H2,2-4H3,(H,21,23). The Bertz CT molecular complexity index is 901. The highest BCUT2D eigenvalue weighted by molar-refractivity contribution is 7.89. The molecule has 1 N–H and O–H groups in total. The second-order valence-corrected chi connectivity index (χ2v) is 8.01. The fourth-order valence-corrected chi connectivity index (χ4v) is 4.01. The van der Waals surface area contributed by atoms with Crippen molar-refractivity contribution in [2.75, 3.05) is 25.5 Å². The molecule has 0 bridgehead atoms. The summed E-state index contributed by atoms with van der Waals surface area (Å²) in [6, 6.07) is 11.7. The third kappa shape index (κ3) is 4.96. The lowest BCUT2D eigenvalue weighted by Gasteiger charge is -2.21. The molecule has 0 heterocycles. The minimum absolute atomic E-state index is 0.0224. The minimum Gasteiger partial charge on any atom is -0.497 e. The highest BCUT2D eigenvalue weighted by Gasteiger charge is 2.26. The maximum atomic E-state index is 12.9. The molecule has 0 spiro atoms. The van der Waals surface area contributed by atoms with E-state index in [0.717, 1.165) is 15.4 Å². The molecule has 0 aliphatic carbocycles. The van der Waals surface area contributed by atoms with Gasteiger partial charge in [0, 0.05) is 12.2 Å². The average molecular weight is 388 g/mol. The van der Waals surface area contributed by atoms with Crippen LogP contribution in [0.1, 0.15) is 11.1 Å². The van der Waals surface area contributed by atoms with Crippen LogP contribution in [-0.4, -0.2) is 38.8 Å². The van der Waals surface area contributed by atoms with Gasteiger partial charge in [0.2, 0.25) is 15.9 Å². The number of ether oxygens (including phenoxy) is 1. The molecule has 0 unspecified atom stereocenters. The molecule has 27 heavy (non-hydrogen) atoms. The Hall–Kier alpha value is -2.64. The number of carbonyl (C=O) groups excluding carboxylic acids is 1. The van der Waals surface area contributed by atoms with E-state index in [1.165, 1.54) is 25.3 Å². The number of anilines is 1. The van der Waals surface area contributed by atoms with Crippen LogP contribution in [0.15, 0.2) is 60.0 Å². The first kappa shape index (κ1) is 20.7. The molecule has 6 nitrogen and oxygen atoms in total. The summed E-state index contributed by atoms with van der Waals surface area (Å²) in [5.41, 5.74) is 2.52. The Morgan fingerprint density at radius 2 is 1.74 bits per heavy atom. The number of benzene rings is 2. The van der Waals surface area contributed by atoms with Crippen molar-refractivity contribution < 1.29 is 17.9 Å². The fraction of sp³-hybridized carbons (Fsp3) is 0.250. The quantitative estimate of drug-likeness (QED) is 0.705. The maximum Gasteiger partial charge on any atom is 0.243 e. The van der Waals surface area contributed by atoms with E-state index in [-0.39, 0.29) is 18.0 Å². The molecule has 0 aliphatic rings. The summed E-state index contributed by atoms with van der Waals surface area (Å²) < 4.78 is 31.9. The normalized spacial score (nSPS) is 11.3. The highest BCUT2D eigenvalue weighted by Crippen LogP contribution is 2.21. The number of hydrogen-bond acceptors (Lipinski definition) is 4. The van der Waals surface area contributed by atoms with E-state index in [2.05, 4.69) is 11.9 Å². The Balaban J connectivity index is 2.23. The molecule has 1 amide bonds. The molecule has 0 aliphatic heterocycles. The number of amides is 1. The molecule has 144 valence electrons. The topological polar surface area (TPSA) is 75.7 Å². The zero-order valence-corrected chi connectivity index (χ0v) is 16.5. The van der Waals surface area contributed by atoms with Gasteiger partial charge in [0.1, 0.15) is 5.75 Å². The summed E-state index contributed by atoms with van der Waals surface area (Å²) in [6.45, 7) is 7.08. The van der Waals surface area contributed by atoms with E-state index in [1.807, 2.05) is 32.0 Å². The van der Waals surface area contributed by atoms with Gasteiger partial charge in [-0.1, -0.05) is 24.3 Å². The van der Waals surface area contributed by atoms with E-state index in [1.54, 1.807) is 12.1 Å². The van der Waals surface area contributed by atoms with Crippen LogP contribution in [0.5, 0.6) is 5.75 Å². The number of sulfonamides is 1. The van der Waals surface area contributed by atoms with Gasteiger partial charge in [-0.25, -0.2) is 8.42 Å². The summed E-state index contributed by atoms with van der Waals surface area (Å²) in [5, 5.41) is 2.81. The van der Waals surface area contributed by atoms with Gasteiger partial charge < -0.3 is 10.1 Å². The van der Waals surface area contributed by atoms with Crippen LogP contribution in [0.25, 0.3) is 0 Å². The van der Waals surface area contributed by atoms with Gasteiger partial charge in [-0.15, -0.1) is 6.58 Å². The number of nitrogens with one attached hydrogen (secondary N) is 1. The third-order valence-corrected chi connectivity index (χ3v) is 5.92. The summed E-state index contributed by atoms with van der Waals surface area (Å²) in [6.07, 6.45) is 1.45. The van der Waals surface area contributed by atoms with Crippen molar-refractivity contribution in [3.8, 4) is 5.75 Å². The van der Waals surface area contributed by atoms with Crippen molar-refractivity contribution in [1.82, 2.24) is 4.31 Å². The summed E-state index contributed by atoms with van der Waals surface area (Å²) in [4.78, 5) is 12.6. The molecule has 2 aromatic rings. The first-order valence-electron chi connectivity index (χ1n) is 8.40. The average Bonchev–Trinajstić information content (AvgIpc) is 2.64. The molecular formula is C20H24N2O4S. The summed E-state index contributed by atoms with van der Waals surface area (Å²) in [5.74, 6) is 0.142. The first-order chi connectivity index (χ1) is 12.8. The van der Waals surface area contributed by atoms with Gasteiger partial charge in [0.05, 0.1) is 18.6 Å². The van der Waals surface area contributed by atoms with E-state index in [9.17, 15) is 13.2 Å². The molecule has 2 aromatic carbocycles. The van der Waals surface area contributed by atoms with Gasteiger partial charge in [-0.2, -0.15) is 4.31 Å². The molecule has 0 atom stereocenters. The molecule has 7 heteroatoms. The van der Waals surface area contributed by atoms with Gasteiger partial charge in [-0.05, 0) is 49.2 Å². The van der Waals surface area contributed by atoms with Crippen LogP contribution in [0.3, 0.4) is 0 Å². The number of para-hydroxylation sites is 1. The molecule has 0 aromatic heterocycles. The van der Waals surface area contributed by atoms with E-state index in [0.29, 0.717) is 11.4 Å². The van der Waals surface area contributed by atoms with Gasteiger partial charge in [0.25, 0.3) is 0 Å². The molecule has 0 saturated carbocycles. The van der Waals surface area contributed by atoms with Crippen LogP contribution < -0.4 is 10.1 Å². The molecule has 2 rings (SSSR count). The summed E-state index contributed by atoms with van der Waals surface area (Å²) >= 11 is 0. The largest absolute Gasteiger partial charge is 0.497 e. The number of aryl methyl sites for hydroxylation is 2. The lowest BCUT2D eigenvalue weighted by atomic mass is 10.1. The van der Waals surface area contributed by atoms with Crippen molar-refractivity contribution in [3.63, 3.8) is 0 Å². The van der Waals surface area contributed by atoms with Crippen LogP contribution in [-0.2, 0) is 14.8 Å². The monoisotopic (exact) mass is 388 g/mol. The molecular weight excluding hydrogens is 364 g/mol. The predicted octanol–water partition coefficient (Wildman–Crippen LogP) is 3.13. The third-order valence-electron chi connectivity index (χ3n) is 4.10. The smallest absolute Gasteiger partial charge is 0.243 e. The Labute approximate surface area is 160 Å². The number of carbonyl (C=O) groups is 1. The van der Waals surface area contributed by atoms with Gasteiger partial charge in [0.15, 0.2) is 0 Å². The predicted molar refractivity (Wildman–Crippen MR) is 106 cm³/mol. The summed E-state index contributed by atoms with van der Waals surface area (Å²) in [7, 11) is -2.34. The fourth-order valence-electron chi connectivity index (χ4n) is 2.64. The molecule has 0 fully saturated rings. The van der Waals surface area contributed by atoms with Crippen molar-refractivity contribution in [1.29, 1.82) is 0 Å². The Morgan fingerprint density at radius 3 is 2.26 bits per heavy atom. The van der Waals surface area contributed by atoms with Crippen LogP contribution in [0, 0.1) is 13.8 Å². The highest BCUT2D eigenvalue weighted by atomic mass is 32.2. The zero-order valence-electron chi connectivity index (χ0n) is 15.7. The Morgan fingerprint density at radius 1 is 1.15 bits per heavy atom. The number of rotatable bonds is 8. The zero-order chi connectivity index (χ0) is 20.0. The lowest BCUT2D eigenvalue weighted by Crippen LogP contribution is -2.38. The molecule has 0 radical (unpaired) electrons. The van der Waals surface area contributed by atoms with E-state index >= 15 is 0 Å². The Kier molecular flexibility index (Phi) is 6.76. The number of nitrogens with zero attached hydrogens (tertiary/aromatic N) is 1. The van der Waals surface area contributed by atoms with Crippen LogP contribution in [0.2, 0.25) is 0 Å². The van der Waals surface area contributed by atoms with Crippen molar-refractivity contribution >= 4 is 21.6 Å². The van der Waals surface area contributed by atoms with Crippen LogP contribution in [0.4, 0.5) is 5.69 Å². The van der Waals surface area contributed by atoms with Crippen molar-refractivity contribution in [2.24, 2.45) is 0 Å². The number of hydrogen-bond donors (Lipinski definition) is 1. The van der Waals surface area contributed by atoms with Crippen molar-refractivity contribution in [3.05, 3.63) is 66.2 Å². The second kappa shape index (κ2) is 8.83. The lowest BCUT2D eigenvalue weighted by molar-refractivity contribution is -0.116. The molecule has 0 saturated heterocycles. The number of methoxy groups -OCH3 is 1. The van der Waals surface area contributed by atoms with E-state index < -0.39 is 15.9 Å². The SMILES string of the molecule is C=CCN(CC(=O)Nc1c(C)cccc1C)S(=O)(=O)c1ccc(OC)cc1. The first-order valence-corrected chi connectivity index (χ1v) is 9.84. The van der Waals surface area contributed by atoms with Gasteiger partial charge >= 0.3 is 0 Å².